The van der Waals surface area contributed by atoms with Gasteiger partial charge in [0.15, 0.2) is 0 Å². The third kappa shape index (κ3) is 5.04. The fraction of sp³-hybridized carbons (Fsp3) is 0.240. The van der Waals surface area contributed by atoms with Crippen LogP contribution < -0.4 is 4.74 Å². The summed E-state index contributed by atoms with van der Waals surface area (Å²) in [5.74, 6) is -0.895. The topological polar surface area (TPSA) is 108 Å². The van der Waals surface area contributed by atoms with Gasteiger partial charge >= 0.3 is 11.9 Å². The Balaban J connectivity index is 1.71. The number of nitro benzene ring substituents is 1. The molecular weight excluding hydrogens is 456 g/mol. The van der Waals surface area contributed by atoms with Crippen molar-refractivity contribution >= 4 is 40.2 Å². The second kappa shape index (κ2) is 10.4. The van der Waals surface area contributed by atoms with Gasteiger partial charge in [0.05, 0.1) is 22.7 Å². The molecule has 0 unspecified atom stereocenters. The molecule has 1 aliphatic rings. The van der Waals surface area contributed by atoms with Crippen molar-refractivity contribution in [2.45, 2.75) is 32.6 Å². The summed E-state index contributed by atoms with van der Waals surface area (Å²) in [7, 11) is 0. The molecule has 34 heavy (non-hydrogen) atoms. The highest BCUT2D eigenvalue weighted by Crippen LogP contribution is 2.40. The van der Waals surface area contributed by atoms with Gasteiger partial charge in [-0.15, -0.1) is 11.3 Å². The Morgan fingerprint density at radius 3 is 2.62 bits per heavy atom. The van der Waals surface area contributed by atoms with E-state index in [1.165, 1.54) is 35.8 Å². The van der Waals surface area contributed by atoms with Crippen molar-refractivity contribution in [3.8, 4) is 5.75 Å². The number of aryl methyl sites for hydroxylation is 1. The number of thiophene rings is 1. The van der Waals surface area contributed by atoms with Crippen LogP contribution in [0.2, 0.25) is 0 Å². The van der Waals surface area contributed by atoms with Crippen LogP contribution in [0.5, 0.6) is 5.75 Å². The van der Waals surface area contributed by atoms with Crippen LogP contribution in [0.1, 0.15) is 56.5 Å². The molecule has 0 saturated heterocycles. The number of aliphatic imine (C=N–C) groups is 1. The molecule has 3 aromatic rings. The smallest absolute Gasteiger partial charge is 0.343 e. The number of esters is 2. The number of nitrogens with zero attached hydrogens (tertiary/aromatic N) is 2. The van der Waals surface area contributed by atoms with Crippen molar-refractivity contribution < 1.29 is 24.0 Å². The lowest BCUT2D eigenvalue weighted by Gasteiger charge is -2.11. The zero-order valence-corrected chi connectivity index (χ0v) is 19.3. The maximum Gasteiger partial charge on any atom is 0.343 e. The molecule has 8 nitrogen and oxygen atoms in total. The zero-order chi connectivity index (χ0) is 24.1. The molecular formula is C25H22N2O6S. The molecule has 0 saturated carbocycles. The maximum absolute atomic E-state index is 12.7. The average Bonchev–Trinajstić information content (AvgIpc) is 3.22. The van der Waals surface area contributed by atoms with Gasteiger partial charge in [0, 0.05) is 28.8 Å². The van der Waals surface area contributed by atoms with Crippen molar-refractivity contribution in [3.63, 3.8) is 0 Å². The van der Waals surface area contributed by atoms with Crippen LogP contribution in [-0.4, -0.2) is 29.7 Å². The number of fused-ring (bicyclic) bond motifs is 1. The number of hydrogen-bond acceptors (Lipinski definition) is 8. The van der Waals surface area contributed by atoms with Crippen LogP contribution in [0, 0.1) is 10.1 Å². The summed E-state index contributed by atoms with van der Waals surface area (Å²) in [4.78, 5) is 41.6. The van der Waals surface area contributed by atoms with E-state index in [0.717, 1.165) is 36.1 Å². The van der Waals surface area contributed by atoms with Crippen LogP contribution in [-0.2, 0) is 17.6 Å². The minimum absolute atomic E-state index is 0.127. The maximum atomic E-state index is 12.7. The van der Waals surface area contributed by atoms with Gasteiger partial charge in [-0.1, -0.05) is 18.2 Å². The summed E-state index contributed by atoms with van der Waals surface area (Å²) >= 11 is 1.42. The minimum atomic E-state index is -0.595. The Labute approximate surface area is 200 Å². The molecule has 4 rings (SSSR count). The summed E-state index contributed by atoms with van der Waals surface area (Å²) in [5, 5.41) is 11.8. The fourth-order valence-electron chi connectivity index (χ4n) is 3.76. The summed E-state index contributed by atoms with van der Waals surface area (Å²) in [6.45, 7) is 1.99. The van der Waals surface area contributed by atoms with Gasteiger partial charge in [-0.3, -0.25) is 10.1 Å². The molecule has 2 aromatic carbocycles. The van der Waals surface area contributed by atoms with Crippen LogP contribution in [0.15, 0.2) is 53.5 Å². The number of carbonyl (C=O) groups is 2. The molecule has 0 aliphatic heterocycles. The average molecular weight is 479 g/mol. The van der Waals surface area contributed by atoms with E-state index >= 15 is 0 Å². The van der Waals surface area contributed by atoms with E-state index in [-0.39, 0.29) is 23.6 Å². The lowest BCUT2D eigenvalue weighted by molar-refractivity contribution is -0.384. The molecule has 174 valence electrons. The molecule has 0 amide bonds. The third-order valence-corrected chi connectivity index (χ3v) is 6.57. The molecule has 0 atom stereocenters. The van der Waals surface area contributed by atoms with E-state index in [0.29, 0.717) is 16.1 Å². The predicted molar refractivity (Wildman–Crippen MR) is 129 cm³/mol. The van der Waals surface area contributed by atoms with Crippen molar-refractivity contribution in [2.75, 3.05) is 6.61 Å². The van der Waals surface area contributed by atoms with Crippen molar-refractivity contribution in [3.05, 3.63) is 85.8 Å². The van der Waals surface area contributed by atoms with E-state index < -0.39 is 16.9 Å². The monoisotopic (exact) mass is 478 g/mol. The van der Waals surface area contributed by atoms with Crippen LogP contribution >= 0.6 is 11.3 Å². The number of nitro groups is 1. The molecule has 0 fully saturated rings. The number of ether oxygens (including phenoxy) is 2. The number of carbonyl (C=O) groups excluding carboxylic acids is 2. The van der Waals surface area contributed by atoms with E-state index in [9.17, 15) is 19.7 Å². The molecule has 1 aliphatic carbocycles. The van der Waals surface area contributed by atoms with Gasteiger partial charge in [0.25, 0.3) is 5.69 Å². The predicted octanol–water partition coefficient (Wildman–Crippen LogP) is 5.68. The lowest BCUT2D eigenvalue weighted by atomic mass is 9.95. The molecule has 0 radical (unpaired) electrons. The van der Waals surface area contributed by atoms with Crippen molar-refractivity contribution in [1.82, 2.24) is 0 Å². The Bertz CT molecular complexity index is 1270. The molecule has 9 heteroatoms. The van der Waals surface area contributed by atoms with Crippen LogP contribution in [0.4, 0.5) is 10.7 Å². The first-order valence-corrected chi connectivity index (χ1v) is 11.7. The number of non-ortho nitro benzene ring substituents is 1. The van der Waals surface area contributed by atoms with Gasteiger partial charge in [0.1, 0.15) is 10.8 Å². The number of hydrogen-bond donors (Lipinski definition) is 0. The summed E-state index contributed by atoms with van der Waals surface area (Å²) in [6, 6.07) is 12.4. The zero-order valence-electron chi connectivity index (χ0n) is 18.5. The second-order valence-corrected chi connectivity index (χ2v) is 8.69. The van der Waals surface area contributed by atoms with E-state index in [1.54, 1.807) is 37.3 Å². The fourth-order valence-corrected chi connectivity index (χ4v) is 4.98. The van der Waals surface area contributed by atoms with Gasteiger partial charge < -0.3 is 9.47 Å². The normalized spacial score (nSPS) is 12.9. The van der Waals surface area contributed by atoms with Gasteiger partial charge in [-0.25, -0.2) is 14.6 Å². The Morgan fingerprint density at radius 1 is 1.12 bits per heavy atom. The first-order chi connectivity index (χ1) is 16.5. The molecule has 0 bridgehead atoms. The third-order valence-electron chi connectivity index (χ3n) is 5.37. The Morgan fingerprint density at radius 2 is 1.88 bits per heavy atom. The molecule has 1 heterocycles. The Hall–Kier alpha value is -3.85. The van der Waals surface area contributed by atoms with Gasteiger partial charge in [-0.05, 0) is 56.4 Å². The first kappa shape index (κ1) is 23.3. The minimum Gasteiger partial charge on any atom is -0.462 e. The van der Waals surface area contributed by atoms with E-state index in [1.807, 2.05) is 0 Å². The highest BCUT2D eigenvalue weighted by molar-refractivity contribution is 7.16. The highest BCUT2D eigenvalue weighted by atomic mass is 32.1. The number of benzene rings is 2. The molecule has 0 N–H and O–H groups in total. The first-order valence-electron chi connectivity index (χ1n) is 10.9. The highest BCUT2D eigenvalue weighted by Gasteiger charge is 2.26. The van der Waals surface area contributed by atoms with Crippen LogP contribution in [0.25, 0.3) is 0 Å². The standard InChI is InChI=1S/C25H22N2O6S/c1-2-32-25(29)22-19-10-6-7-11-21(19)34-23(22)26-15-17-14-18(27(30)31)12-13-20(17)33-24(28)16-8-4-3-5-9-16/h3-5,8-9,12-15H,2,6-7,10-11H2,1H3. The summed E-state index contributed by atoms with van der Waals surface area (Å²) < 4.78 is 10.8. The molecule has 0 spiro atoms. The largest absolute Gasteiger partial charge is 0.462 e. The second-order valence-electron chi connectivity index (χ2n) is 7.60. The SMILES string of the molecule is CCOC(=O)c1c(N=Cc2cc([N+](=O)[O-])ccc2OC(=O)c2ccccc2)sc2c1CCCC2. The quantitative estimate of drug-likeness (QED) is 0.142. The van der Waals surface area contributed by atoms with Crippen molar-refractivity contribution in [1.29, 1.82) is 0 Å². The van der Waals surface area contributed by atoms with Crippen LogP contribution in [0.3, 0.4) is 0 Å². The summed E-state index contributed by atoms with van der Waals surface area (Å²) in [6.07, 6.45) is 5.08. The van der Waals surface area contributed by atoms with Crippen molar-refractivity contribution in [2.24, 2.45) is 4.99 Å². The number of rotatable bonds is 7. The summed E-state index contributed by atoms with van der Waals surface area (Å²) in [5.41, 5.74) is 1.85. The Kier molecular flexibility index (Phi) is 7.12. The van der Waals surface area contributed by atoms with E-state index in [4.69, 9.17) is 9.47 Å². The van der Waals surface area contributed by atoms with Gasteiger partial charge in [0.2, 0.25) is 0 Å². The molecule has 1 aromatic heterocycles. The lowest BCUT2D eigenvalue weighted by Crippen LogP contribution is -2.10. The van der Waals surface area contributed by atoms with Gasteiger partial charge in [-0.2, -0.15) is 0 Å². The van der Waals surface area contributed by atoms with E-state index in [2.05, 4.69) is 4.99 Å².